The zero-order valence-corrected chi connectivity index (χ0v) is 16.4. The maximum atomic E-state index is 12.4. The summed E-state index contributed by atoms with van der Waals surface area (Å²) in [4.78, 5) is 13.5. The molecule has 0 aliphatic heterocycles. The van der Waals surface area contributed by atoms with Gasteiger partial charge in [0.1, 0.15) is 0 Å². The van der Waals surface area contributed by atoms with Gasteiger partial charge in [0.15, 0.2) is 0 Å². The zero-order chi connectivity index (χ0) is 19.3. The van der Waals surface area contributed by atoms with E-state index in [9.17, 15) is 13.2 Å². The molecule has 0 aliphatic carbocycles. The minimum Gasteiger partial charge on any atom is -0.322 e. The van der Waals surface area contributed by atoms with Gasteiger partial charge in [0.2, 0.25) is 10.0 Å². The second kappa shape index (κ2) is 8.47. The largest absolute Gasteiger partial charge is 0.322 e. The number of amides is 1. The number of anilines is 1. The van der Waals surface area contributed by atoms with Gasteiger partial charge >= 0.3 is 0 Å². The Morgan fingerprint density at radius 2 is 1.74 bits per heavy atom. The molecule has 140 valence electrons. The molecule has 0 radical (unpaired) electrons. The van der Waals surface area contributed by atoms with Crippen molar-refractivity contribution in [2.24, 2.45) is 0 Å². The van der Waals surface area contributed by atoms with Crippen LogP contribution in [0.25, 0.3) is 0 Å². The molecule has 27 heavy (non-hydrogen) atoms. The molecule has 0 fully saturated rings. The van der Waals surface area contributed by atoms with Crippen LogP contribution in [0.15, 0.2) is 70.9 Å². The second-order valence-corrected chi connectivity index (χ2v) is 8.69. The predicted octanol–water partition coefficient (Wildman–Crippen LogP) is 4.04. The normalized spacial score (nSPS) is 11.3. The Balaban J connectivity index is 1.69. The van der Waals surface area contributed by atoms with Gasteiger partial charge in [-0.25, -0.2) is 13.1 Å². The summed E-state index contributed by atoms with van der Waals surface area (Å²) in [5.74, 6) is -0.272. The molecular formula is C20H20N2O3S2. The summed E-state index contributed by atoms with van der Waals surface area (Å²) < 4.78 is 27.3. The highest BCUT2D eigenvalue weighted by Crippen LogP contribution is 2.18. The van der Waals surface area contributed by atoms with Crippen LogP contribution in [0.3, 0.4) is 0 Å². The minimum atomic E-state index is -3.62. The third-order valence-electron chi connectivity index (χ3n) is 4.09. The third kappa shape index (κ3) is 4.82. The molecule has 0 saturated heterocycles. The molecule has 0 atom stereocenters. The molecular weight excluding hydrogens is 380 g/mol. The number of carbonyl (C=O) groups excluding carboxylic acids is 1. The maximum absolute atomic E-state index is 12.4. The molecule has 2 aromatic carbocycles. The predicted molar refractivity (Wildman–Crippen MR) is 109 cm³/mol. The maximum Gasteiger partial charge on any atom is 0.255 e. The van der Waals surface area contributed by atoms with Crippen molar-refractivity contribution in [2.75, 3.05) is 5.32 Å². The highest BCUT2D eigenvalue weighted by Gasteiger charge is 2.15. The van der Waals surface area contributed by atoms with Gasteiger partial charge in [-0.2, -0.15) is 0 Å². The van der Waals surface area contributed by atoms with Gasteiger partial charge < -0.3 is 5.32 Å². The first kappa shape index (κ1) is 19.3. The number of aryl methyl sites for hydroxylation is 1. The topological polar surface area (TPSA) is 75.3 Å². The lowest BCUT2D eigenvalue weighted by Gasteiger charge is -2.10. The van der Waals surface area contributed by atoms with Crippen LogP contribution in [0, 0.1) is 0 Å². The van der Waals surface area contributed by atoms with Crippen LogP contribution in [-0.2, 0) is 23.0 Å². The molecule has 0 spiro atoms. The van der Waals surface area contributed by atoms with Gasteiger partial charge in [0, 0.05) is 22.7 Å². The van der Waals surface area contributed by atoms with Crippen molar-refractivity contribution in [2.45, 2.75) is 24.8 Å². The monoisotopic (exact) mass is 400 g/mol. The molecule has 5 nitrogen and oxygen atoms in total. The molecule has 0 saturated carbocycles. The molecule has 0 unspecified atom stereocenters. The van der Waals surface area contributed by atoms with E-state index in [1.54, 1.807) is 0 Å². The highest BCUT2D eigenvalue weighted by molar-refractivity contribution is 7.89. The number of hydrogen-bond acceptors (Lipinski definition) is 4. The Labute approximate surface area is 163 Å². The van der Waals surface area contributed by atoms with Gasteiger partial charge in [-0.1, -0.05) is 31.2 Å². The van der Waals surface area contributed by atoms with Gasteiger partial charge in [-0.05, 0) is 53.8 Å². The number of sulfonamides is 1. The quantitative estimate of drug-likeness (QED) is 0.628. The first-order valence-electron chi connectivity index (χ1n) is 8.51. The lowest BCUT2D eigenvalue weighted by Crippen LogP contribution is -2.23. The summed E-state index contributed by atoms with van der Waals surface area (Å²) >= 11 is 1.49. The van der Waals surface area contributed by atoms with Gasteiger partial charge in [0.05, 0.1) is 4.90 Å². The van der Waals surface area contributed by atoms with Crippen molar-refractivity contribution in [3.05, 3.63) is 82.0 Å². The summed E-state index contributed by atoms with van der Waals surface area (Å²) in [6.45, 7) is 2.27. The Bertz CT molecular complexity index is 1010. The van der Waals surface area contributed by atoms with Gasteiger partial charge in [0.25, 0.3) is 5.91 Å². The summed E-state index contributed by atoms with van der Waals surface area (Å²) in [6.07, 6.45) is 0.809. The zero-order valence-electron chi connectivity index (χ0n) is 14.8. The number of hydrogen-bond donors (Lipinski definition) is 2. The third-order valence-corrected chi connectivity index (χ3v) is 6.38. The first-order valence-corrected chi connectivity index (χ1v) is 10.9. The fourth-order valence-electron chi connectivity index (χ4n) is 2.59. The van der Waals surface area contributed by atoms with Crippen molar-refractivity contribution in [3.8, 4) is 0 Å². The molecule has 0 aliphatic rings. The van der Waals surface area contributed by atoms with E-state index in [2.05, 4.69) is 10.0 Å². The average Bonchev–Trinajstić information content (AvgIpc) is 3.21. The van der Waals surface area contributed by atoms with Crippen LogP contribution in [-0.4, -0.2) is 14.3 Å². The first-order chi connectivity index (χ1) is 13.0. The molecule has 1 heterocycles. The number of benzene rings is 2. The van der Waals surface area contributed by atoms with E-state index >= 15 is 0 Å². The smallest absolute Gasteiger partial charge is 0.255 e. The SMILES string of the molecule is CCc1ccccc1NC(=O)c1ccc(S(=O)(=O)NCc2cccs2)cc1. The van der Waals surface area contributed by atoms with Crippen LogP contribution < -0.4 is 10.0 Å². The van der Waals surface area contributed by atoms with Gasteiger partial charge in [-0.3, -0.25) is 4.79 Å². The number of rotatable bonds is 7. The summed E-state index contributed by atoms with van der Waals surface area (Å²) in [7, 11) is -3.62. The standard InChI is InChI=1S/C20H20N2O3S2/c1-2-15-6-3-4-8-19(15)22-20(23)16-9-11-18(12-10-16)27(24,25)21-14-17-7-5-13-26-17/h3-13,21H,2,14H2,1H3,(H,22,23). The highest BCUT2D eigenvalue weighted by atomic mass is 32.2. The molecule has 7 heteroatoms. The number of carbonyl (C=O) groups is 1. The molecule has 1 amide bonds. The van der Waals surface area contributed by atoms with E-state index in [0.29, 0.717) is 5.56 Å². The van der Waals surface area contributed by atoms with Crippen molar-refractivity contribution in [1.82, 2.24) is 4.72 Å². The Morgan fingerprint density at radius 1 is 1.00 bits per heavy atom. The van der Waals surface area contributed by atoms with Crippen molar-refractivity contribution in [3.63, 3.8) is 0 Å². The Hall–Kier alpha value is -2.48. The van der Waals surface area contributed by atoms with E-state index in [4.69, 9.17) is 0 Å². The molecule has 3 rings (SSSR count). The fraction of sp³-hybridized carbons (Fsp3) is 0.150. The number of nitrogens with one attached hydrogen (secondary N) is 2. The van der Waals surface area contributed by atoms with Crippen LogP contribution in [0.5, 0.6) is 0 Å². The second-order valence-electron chi connectivity index (χ2n) is 5.89. The van der Waals surface area contributed by atoms with E-state index in [-0.39, 0.29) is 17.3 Å². The lowest BCUT2D eigenvalue weighted by molar-refractivity contribution is 0.102. The minimum absolute atomic E-state index is 0.129. The Morgan fingerprint density at radius 3 is 2.41 bits per heavy atom. The number of para-hydroxylation sites is 1. The van der Waals surface area contributed by atoms with Crippen molar-refractivity contribution < 1.29 is 13.2 Å². The molecule has 3 aromatic rings. The van der Waals surface area contributed by atoms with E-state index in [1.807, 2.05) is 48.7 Å². The fourth-order valence-corrected chi connectivity index (χ4v) is 4.34. The number of thiophene rings is 1. The molecule has 2 N–H and O–H groups in total. The molecule has 0 bridgehead atoms. The lowest BCUT2D eigenvalue weighted by atomic mass is 10.1. The average molecular weight is 401 g/mol. The molecule has 1 aromatic heterocycles. The van der Waals surface area contributed by atoms with Gasteiger partial charge in [-0.15, -0.1) is 11.3 Å². The Kier molecular flexibility index (Phi) is 6.05. The van der Waals surface area contributed by atoms with Crippen LogP contribution in [0.2, 0.25) is 0 Å². The van der Waals surface area contributed by atoms with Crippen molar-refractivity contribution in [1.29, 1.82) is 0 Å². The van der Waals surface area contributed by atoms with E-state index in [1.165, 1.54) is 35.6 Å². The van der Waals surface area contributed by atoms with E-state index < -0.39 is 10.0 Å². The van der Waals surface area contributed by atoms with Crippen LogP contribution in [0.4, 0.5) is 5.69 Å². The van der Waals surface area contributed by atoms with Crippen LogP contribution >= 0.6 is 11.3 Å². The summed E-state index contributed by atoms with van der Waals surface area (Å²) in [6, 6.07) is 17.3. The van der Waals surface area contributed by atoms with E-state index in [0.717, 1.165) is 22.5 Å². The van der Waals surface area contributed by atoms with Crippen LogP contribution in [0.1, 0.15) is 27.7 Å². The van der Waals surface area contributed by atoms with Crippen molar-refractivity contribution >= 4 is 33.0 Å². The summed E-state index contributed by atoms with van der Waals surface area (Å²) in [5.41, 5.74) is 2.21. The summed E-state index contributed by atoms with van der Waals surface area (Å²) in [5, 5.41) is 4.77.